The number of nitrogens with one attached hydrogen (secondary N) is 4. The molecule has 16 nitrogen and oxygen atoms in total. The number of likely N-dealkylation sites (tertiary alicyclic amines) is 1. The number of methoxy groups -OCH3 is 1. The number of piperidine rings is 1. The Balaban J connectivity index is 0.690. The Morgan fingerprint density at radius 1 is 0.942 bits per heavy atom. The molecule has 3 amide bonds. The molecule has 2 aliphatic carbocycles. The smallest absolute Gasteiger partial charge is 0.284 e. The van der Waals surface area contributed by atoms with Gasteiger partial charge in [0.1, 0.15) is 34.9 Å². The number of nitrogens with zero attached hydrogens (tertiary/aromatic N) is 7. The highest BCUT2D eigenvalue weighted by Gasteiger charge is 2.61. The van der Waals surface area contributed by atoms with Crippen molar-refractivity contribution in [1.29, 1.82) is 5.26 Å². The Kier molecular flexibility index (Phi) is 19.1. The van der Waals surface area contributed by atoms with Crippen LogP contribution in [0.2, 0.25) is 10.0 Å². The van der Waals surface area contributed by atoms with Gasteiger partial charge < -0.3 is 40.2 Å². The average molecular weight is 1220 g/mol. The first-order valence-electron chi connectivity index (χ1n) is 29.6. The molecule has 4 N–H and O–H groups in total. The second kappa shape index (κ2) is 26.5. The maximum atomic E-state index is 16.3. The molecule has 3 aromatic heterocycles. The van der Waals surface area contributed by atoms with Crippen molar-refractivity contribution in [2.75, 3.05) is 62.8 Å². The number of alkyl halides is 2. The van der Waals surface area contributed by atoms with E-state index in [1.807, 2.05) is 25.7 Å². The molecule has 6 aromatic rings. The highest BCUT2D eigenvalue weighted by atomic mass is 35.5. The van der Waals surface area contributed by atoms with Crippen LogP contribution in [-0.2, 0) is 10.2 Å². The number of pyridine rings is 1. The number of ether oxygens (including phenoxy) is 1. The summed E-state index contributed by atoms with van der Waals surface area (Å²) in [7, 11) is 3.56. The molecule has 86 heavy (non-hydrogen) atoms. The van der Waals surface area contributed by atoms with Gasteiger partial charge >= 0.3 is 0 Å². The van der Waals surface area contributed by atoms with Gasteiger partial charge in [-0.15, -0.1) is 0 Å². The van der Waals surface area contributed by atoms with E-state index in [0.29, 0.717) is 54.2 Å². The molecule has 3 aromatic carbocycles. The molecule has 0 bridgehead atoms. The molecule has 4 aliphatic rings. The average Bonchev–Trinajstić information content (AvgIpc) is 1.56. The van der Waals surface area contributed by atoms with E-state index in [-0.39, 0.29) is 61.8 Å². The minimum absolute atomic E-state index is 0.0355. The highest BCUT2D eigenvalue weighted by Crippen LogP contribution is 2.53. The van der Waals surface area contributed by atoms with Crippen molar-refractivity contribution in [3.05, 3.63) is 135 Å². The molecule has 456 valence electrons. The molecule has 0 spiro atoms. The predicted molar refractivity (Wildman–Crippen MR) is 322 cm³/mol. The summed E-state index contributed by atoms with van der Waals surface area (Å²) in [5.41, 5.74) is -1.67. The van der Waals surface area contributed by atoms with Gasteiger partial charge in [-0.05, 0) is 161 Å². The number of amides is 3. The fourth-order valence-corrected chi connectivity index (χ4v) is 13.2. The summed E-state index contributed by atoms with van der Waals surface area (Å²) >= 11 is 12.5. The normalized spacial score (nSPS) is 21.8. The summed E-state index contributed by atoms with van der Waals surface area (Å²) in [5.74, 6) is -1.71. The van der Waals surface area contributed by atoms with Gasteiger partial charge in [0.25, 0.3) is 18.2 Å². The number of nitriles is 1. The Morgan fingerprint density at radius 3 is 2.40 bits per heavy atom. The van der Waals surface area contributed by atoms with E-state index >= 15 is 8.78 Å². The van der Waals surface area contributed by atoms with Crippen molar-refractivity contribution < 1.29 is 41.1 Å². The first-order chi connectivity index (χ1) is 41.2. The van der Waals surface area contributed by atoms with Crippen LogP contribution in [0, 0.1) is 46.1 Å². The maximum absolute atomic E-state index is 16.3. The van der Waals surface area contributed by atoms with Crippen LogP contribution in [0.5, 0.6) is 5.75 Å². The first-order valence-corrected chi connectivity index (χ1v) is 30.3. The van der Waals surface area contributed by atoms with E-state index in [9.17, 15) is 28.4 Å². The minimum atomic E-state index is -2.90. The van der Waals surface area contributed by atoms with Crippen molar-refractivity contribution in [2.24, 2.45) is 23.2 Å². The molecule has 2 aliphatic heterocycles. The van der Waals surface area contributed by atoms with Crippen LogP contribution >= 0.6 is 23.2 Å². The summed E-state index contributed by atoms with van der Waals surface area (Å²) in [5, 5.41) is 27.6. The standard InChI is InChI=1S/C64H73Cl2F4N11O5/c1-63(2,3)31-52-64(36-71,45-19-16-42(65)30-47(45)67)54(44-9-6-10-46(66)55(44)68)57(77-52)60(83)74-48-20-15-41(28-51(48)85-5)62(84)80-26-22-37(23-27-80)8-7-25-79(4)33-39-13-17-43(18-14-39)81-34-49(56(78-81)58(69)70)75-59(82)50-35-86-61(76-50)40-21-24-72-53(29-40)73-32-38-11-12-38/h6,9-10,15-16,19-21,24,28-30,34-35,37-39,43,52,54,57-58,77H,7-8,11-14,17-18,22-23,25-27,31-33H2,1-5H3,(H,72,73)(H,74,83)(H,75,82)/t39?,43?,52-,54-,57+,64-/m0/s1. The topological polar surface area (TPSA) is 196 Å². The van der Waals surface area contributed by atoms with E-state index in [0.717, 1.165) is 77.1 Å². The predicted octanol–water partition coefficient (Wildman–Crippen LogP) is 13.5. The number of rotatable bonds is 21. The van der Waals surface area contributed by atoms with Crippen LogP contribution in [0.15, 0.2) is 89.8 Å². The molecule has 0 unspecified atom stereocenters. The fourth-order valence-electron chi connectivity index (χ4n) is 12.9. The van der Waals surface area contributed by atoms with Crippen molar-refractivity contribution in [3.8, 4) is 23.3 Å². The molecule has 10 rings (SSSR count). The van der Waals surface area contributed by atoms with Crippen LogP contribution in [0.3, 0.4) is 0 Å². The summed E-state index contributed by atoms with van der Waals surface area (Å²) in [6, 6.07) is 16.8. The molecule has 2 saturated carbocycles. The van der Waals surface area contributed by atoms with Crippen molar-refractivity contribution in [2.45, 2.75) is 127 Å². The van der Waals surface area contributed by atoms with E-state index in [4.69, 9.17) is 32.4 Å². The van der Waals surface area contributed by atoms with Crippen molar-refractivity contribution in [1.82, 2.24) is 34.9 Å². The maximum Gasteiger partial charge on any atom is 0.284 e. The Bertz CT molecular complexity index is 3460. The number of carbonyl (C=O) groups excluding carboxylic acids is 3. The Morgan fingerprint density at radius 2 is 1.70 bits per heavy atom. The fraction of sp³-hybridized carbons (Fsp3) is 0.484. The molecular formula is C64H73Cl2F4N11O5. The van der Waals surface area contributed by atoms with E-state index < -0.39 is 64.4 Å². The Hall–Kier alpha value is -7.05. The quantitative estimate of drug-likeness (QED) is 0.0499. The number of anilines is 3. The second-order valence-electron chi connectivity index (χ2n) is 24.9. The highest BCUT2D eigenvalue weighted by molar-refractivity contribution is 6.31. The van der Waals surface area contributed by atoms with Gasteiger partial charge in [-0.1, -0.05) is 62.2 Å². The molecule has 2 saturated heterocycles. The lowest BCUT2D eigenvalue weighted by molar-refractivity contribution is -0.118. The zero-order valence-corrected chi connectivity index (χ0v) is 50.5. The minimum Gasteiger partial charge on any atom is -0.495 e. The second-order valence-corrected chi connectivity index (χ2v) is 25.7. The van der Waals surface area contributed by atoms with Gasteiger partial charge in [0.05, 0.1) is 41.7 Å². The molecule has 4 fully saturated rings. The van der Waals surface area contributed by atoms with Crippen LogP contribution in [0.25, 0.3) is 11.5 Å². The van der Waals surface area contributed by atoms with Crippen molar-refractivity contribution in [3.63, 3.8) is 0 Å². The lowest BCUT2D eigenvalue weighted by Gasteiger charge is -2.37. The third-order valence-corrected chi connectivity index (χ3v) is 18.0. The molecule has 5 heterocycles. The first kappa shape index (κ1) is 62.0. The van der Waals surface area contributed by atoms with Gasteiger partial charge in [0.2, 0.25) is 11.8 Å². The molecule has 22 heteroatoms. The third-order valence-electron chi connectivity index (χ3n) is 17.5. The lowest BCUT2D eigenvalue weighted by atomic mass is 9.62. The van der Waals surface area contributed by atoms with Crippen LogP contribution < -0.4 is 26.0 Å². The summed E-state index contributed by atoms with van der Waals surface area (Å²) < 4.78 is 74.0. The number of oxazole rings is 1. The Labute approximate surface area is 508 Å². The molecular weight excluding hydrogens is 1150 g/mol. The van der Waals surface area contributed by atoms with Gasteiger partial charge in [-0.3, -0.25) is 19.1 Å². The van der Waals surface area contributed by atoms with Gasteiger partial charge in [0, 0.05) is 72.2 Å². The molecule has 0 radical (unpaired) electrons. The SMILES string of the molecule is COc1cc(C(=O)N2CCC(CCCN(C)CC3CCC(n4cc(NC(=O)c5coc(-c6ccnc(NCC7CC7)c6)n5)c(C(F)F)n4)CC3)CC2)ccc1NC(=O)[C@@H]1N[C@@H](CC(C)(C)C)[C@](C#N)(c2ccc(Cl)cc2F)[C@H]1c1cccc(Cl)c1F. The number of aromatic nitrogens is 4. The zero-order valence-electron chi connectivity index (χ0n) is 49.0. The number of hydrogen-bond donors (Lipinski definition) is 4. The van der Waals surface area contributed by atoms with E-state index in [2.05, 4.69) is 54.4 Å². The third kappa shape index (κ3) is 14.0. The van der Waals surface area contributed by atoms with Crippen LogP contribution in [-0.4, -0.2) is 106 Å². The van der Waals surface area contributed by atoms with Crippen LogP contribution in [0.1, 0.15) is 147 Å². The van der Waals surface area contributed by atoms with Gasteiger partial charge in [-0.25, -0.2) is 27.5 Å². The zero-order chi connectivity index (χ0) is 61.0. The largest absolute Gasteiger partial charge is 0.495 e. The van der Waals surface area contributed by atoms with Gasteiger partial charge in [0.15, 0.2) is 11.4 Å². The summed E-state index contributed by atoms with van der Waals surface area (Å²) in [6.07, 6.45) is 11.2. The summed E-state index contributed by atoms with van der Waals surface area (Å²) in [6.45, 7) is 9.71. The molecule has 4 atom stereocenters. The van der Waals surface area contributed by atoms with E-state index in [1.165, 1.54) is 62.7 Å². The van der Waals surface area contributed by atoms with Gasteiger partial charge in [-0.2, -0.15) is 10.4 Å². The van der Waals surface area contributed by atoms with Crippen molar-refractivity contribution >= 4 is 58.1 Å². The van der Waals surface area contributed by atoms with Crippen LogP contribution in [0.4, 0.5) is 34.8 Å². The number of hydrogen-bond acceptors (Lipinski definition) is 12. The summed E-state index contributed by atoms with van der Waals surface area (Å²) in [4.78, 5) is 54.9. The monoisotopic (exact) mass is 1220 g/mol. The number of benzene rings is 3. The number of halogens is 6. The number of carbonyl (C=O) groups is 3. The van der Waals surface area contributed by atoms with E-state index in [1.54, 1.807) is 41.2 Å². The lowest BCUT2D eigenvalue weighted by Crippen LogP contribution is -2.45.